The number of carboxylic acid groups (broad SMARTS) is 1. The molecule has 2 aromatic rings. The molecule has 19 heavy (non-hydrogen) atoms. The Hall–Kier alpha value is -1.88. The van der Waals surface area contributed by atoms with Crippen LogP contribution in [0.4, 0.5) is 0 Å². The Balaban J connectivity index is 2.19. The third-order valence-corrected chi connectivity index (χ3v) is 3.12. The van der Waals surface area contributed by atoms with Gasteiger partial charge in [0.2, 0.25) is 0 Å². The Labute approximate surface area is 111 Å². The van der Waals surface area contributed by atoms with Crippen LogP contribution in [0.15, 0.2) is 22.6 Å². The molecule has 5 nitrogen and oxygen atoms in total. The van der Waals surface area contributed by atoms with E-state index in [0.717, 1.165) is 16.7 Å². The predicted octanol–water partition coefficient (Wildman–Crippen LogP) is 2.09. The van der Waals surface area contributed by atoms with Crippen molar-refractivity contribution in [2.24, 2.45) is 0 Å². The zero-order valence-electron chi connectivity index (χ0n) is 11.4. The first-order valence-corrected chi connectivity index (χ1v) is 6.19. The van der Waals surface area contributed by atoms with Gasteiger partial charge in [-0.1, -0.05) is 19.9 Å². The van der Waals surface area contributed by atoms with E-state index in [1.807, 2.05) is 25.1 Å². The van der Waals surface area contributed by atoms with Gasteiger partial charge in [0.15, 0.2) is 11.5 Å². The summed E-state index contributed by atoms with van der Waals surface area (Å²) in [5, 5.41) is 11.6. The van der Waals surface area contributed by atoms with Crippen molar-refractivity contribution in [1.82, 2.24) is 10.3 Å². The quantitative estimate of drug-likeness (QED) is 0.863. The second-order valence-corrected chi connectivity index (χ2v) is 5.30. The lowest BCUT2D eigenvalue weighted by atomic mass is 9.84. The predicted molar refractivity (Wildman–Crippen MR) is 72.3 cm³/mol. The van der Waals surface area contributed by atoms with Crippen LogP contribution in [0.1, 0.15) is 25.3 Å². The van der Waals surface area contributed by atoms with E-state index in [-0.39, 0.29) is 12.0 Å². The summed E-state index contributed by atoms with van der Waals surface area (Å²) in [7, 11) is 0. The van der Waals surface area contributed by atoms with Gasteiger partial charge in [-0.25, -0.2) is 4.98 Å². The molecule has 0 spiro atoms. The molecule has 1 aromatic carbocycles. The maximum Gasteiger partial charge on any atom is 0.317 e. The fourth-order valence-corrected chi connectivity index (χ4v) is 2.04. The van der Waals surface area contributed by atoms with Gasteiger partial charge in [-0.05, 0) is 17.7 Å². The van der Waals surface area contributed by atoms with E-state index in [4.69, 9.17) is 9.52 Å². The Bertz CT molecular complexity index is 602. The molecule has 0 aliphatic rings. The van der Waals surface area contributed by atoms with Crippen molar-refractivity contribution in [1.29, 1.82) is 0 Å². The summed E-state index contributed by atoms with van der Waals surface area (Å²) in [5.74, 6) is -0.203. The molecule has 0 saturated heterocycles. The molecule has 0 aliphatic heterocycles. The lowest BCUT2D eigenvalue weighted by molar-refractivity contribution is -0.136. The minimum absolute atomic E-state index is 0.0346. The van der Waals surface area contributed by atoms with Gasteiger partial charge in [0.25, 0.3) is 0 Å². The summed E-state index contributed by atoms with van der Waals surface area (Å²) in [4.78, 5) is 14.8. The van der Waals surface area contributed by atoms with Gasteiger partial charge in [0.05, 0.1) is 6.54 Å². The largest absolute Gasteiger partial charge is 0.480 e. The van der Waals surface area contributed by atoms with E-state index >= 15 is 0 Å². The highest BCUT2D eigenvalue weighted by atomic mass is 16.4. The molecule has 0 fully saturated rings. The summed E-state index contributed by atoms with van der Waals surface area (Å²) >= 11 is 0. The SMILES string of the molecule is Cc1nc2ccc(C(C)(C)CNCC(=O)O)cc2o1. The fraction of sp³-hybridized carbons (Fsp3) is 0.429. The van der Waals surface area contributed by atoms with Gasteiger partial charge >= 0.3 is 5.97 Å². The number of nitrogens with one attached hydrogen (secondary N) is 1. The van der Waals surface area contributed by atoms with Crippen molar-refractivity contribution in [2.45, 2.75) is 26.2 Å². The number of oxazole rings is 1. The zero-order chi connectivity index (χ0) is 14.0. The number of aryl methyl sites for hydroxylation is 1. The molecule has 0 aliphatic carbocycles. The third kappa shape index (κ3) is 3.12. The van der Waals surface area contributed by atoms with Crippen LogP contribution >= 0.6 is 0 Å². The molecule has 0 atom stereocenters. The minimum Gasteiger partial charge on any atom is -0.480 e. The van der Waals surface area contributed by atoms with E-state index in [1.54, 1.807) is 0 Å². The van der Waals surface area contributed by atoms with E-state index in [9.17, 15) is 4.79 Å². The highest BCUT2D eigenvalue weighted by molar-refractivity contribution is 5.73. The highest BCUT2D eigenvalue weighted by Crippen LogP contribution is 2.26. The van der Waals surface area contributed by atoms with Crippen LogP contribution in [0.3, 0.4) is 0 Å². The summed E-state index contributed by atoms with van der Waals surface area (Å²) in [5.41, 5.74) is 2.52. The molecule has 1 aromatic heterocycles. The van der Waals surface area contributed by atoms with Gasteiger partial charge in [0, 0.05) is 18.9 Å². The Kier molecular flexibility index (Phi) is 3.57. The fourth-order valence-electron chi connectivity index (χ4n) is 2.04. The number of rotatable bonds is 5. The smallest absolute Gasteiger partial charge is 0.317 e. The highest BCUT2D eigenvalue weighted by Gasteiger charge is 2.21. The van der Waals surface area contributed by atoms with Crippen LogP contribution in [0.2, 0.25) is 0 Å². The molecular weight excluding hydrogens is 244 g/mol. The van der Waals surface area contributed by atoms with Gasteiger partial charge in [-0.2, -0.15) is 0 Å². The Morgan fingerprint density at radius 2 is 2.21 bits per heavy atom. The van der Waals surface area contributed by atoms with Crippen LogP contribution in [-0.4, -0.2) is 29.1 Å². The van der Waals surface area contributed by atoms with Crippen LogP contribution in [-0.2, 0) is 10.2 Å². The second kappa shape index (κ2) is 5.01. The number of carbonyl (C=O) groups is 1. The molecule has 5 heteroatoms. The van der Waals surface area contributed by atoms with Crippen molar-refractivity contribution in [3.63, 3.8) is 0 Å². The molecule has 0 saturated carbocycles. The van der Waals surface area contributed by atoms with Crippen LogP contribution in [0, 0.1) is 6.92 Å². The summed E-state index contributed by atoms with van der Waals surface area (Å²) < 4.78 is 5.52. The molecule has 0 amide bonds. The van der Waals surface area contributed by atoms with E-state index in [1.165, 1.54) is 0 Å². The van der Waals surface area contributed by atoms with Gasteiger partial charge < -0.3 is 14.8 Å². The monoisotopic (exact) mass is 262 g/mol. The van der Waals surface area contributed by atoms with Gasteiger partial charge in [-0.15, -0.1) is 0 Å². The number of aliphatic carboxylic acids is 1. The number of hydrogen-bond donors (Lipinski definition) is 2. The standard InChI is InChI=1S/C14H18N2O3/c1-9-16-11-5-4-10(6-12(11)19-9)14(2,3)8-15-7-13(17)18/h4-6,15H,7-8H2,1-3H3,(H,17,18). The number of aromatic nitrogens is 1. The lowest BCUT2D eigenvalue weighted by Gasteiger charge is -2.25. The molecule has 0 unspecified atom stereocenters. The van der Waals surface area contributed by atoms with Crippen LogP contribution in [0.5, 0.6) is 0 Å². The van der Waals surface area contributed by atoms with Gasteiger partial charge in [0.1, 0.15) is 5.52 Å². The average molecular weight is 262 g/mol. The first kappa shape index (κ1) is 13.5. The van der Waals surface area contributed by atoms with Crippen molar-refractivity contribution < 1.29 is 14.3 Å². The number of hydrogen-bond acceptors (Lipinski definition) is 4. The summed E-state index contributed by atoms with van der Waals surface area (Å²) in [6.07, 6.45) is 0. The summed E-state index contributed by atoms with van der Waals surface area (Å²) in [6.45, 7) is 6.49. The molecule has 2 N–H and O–H groups in total. The van der Waals surface area contributed by atoms with Crippen molar-refractivity contribution >= 4 is 17.1 Å². The molecule has 0 bridgehead atoms. The number of fused-ring (bicyclic) bond motifs is 1. The number of nitrogens with zero attached hydrogens (tertiary/aromatic N) is 1. The van der Waals surface area contributed by atoms with Crippen LogP contribution in [0.25, 0.3) is 11.1 Å². The third-order valence-electron chi connectivity index (χ3n) is 3.12. The number of benzene rings is 1. The maximum atomic E-state index is 10.5. The lowest BCUT2D eigenvalue weighted by Crippen LogP contribution is -2.35. The molecule has 102 valence electrons. The van der Waals surface area contributed by atoms with Crippen LogP contribution < -0.4 is 5.32 Å². The first-order chi connectivity index (χ1) is 8.88. The van der Waals surface area contributed by atoms with Gasteiger partial charge in [-0.3, -0.25) is 4.79 Å². The van der Waals surface area contributed by atoms with Crippen molar-refractivity contribution in [3.05, 3.63) is 29.7 Å². The normalized spacial score (nSPS) is 11.9. The first-order valence-electron chi connectivity index (χ1n) is 6.19. The maximum absolute atomic E-state index is 10.5. The zero-order valence-corrected chi connectivity index (χ0v) is 11.4. The summed E-state index contributed by atoms with van der Waals surface area (Å²) in [6, 6.07) is 5.91. The minimum atomic E-state index is -0.850. The van der Waals surface area contributed by atoms with Crippen molar-refractivity contribution in [2.75, 3.05) is 13.1 Å². The Morgan fingerprint density at radius 1 is 1.47 bits per heavy atom. The van der Waals surface area contributed by atoms with E-state index < -0.39 is 5.97 Å². The van der Waals surface area contributed by atoms with E-state index in [2.05, 4.69) is 24.1 Å². The van der Waals surface area contributed by atoms with E-state index in [0.29, 0.717) is 12.4 Å². The Morgan fingerprint density at radius 3 is 2.89 bits per heavy atom. The average Bonchev–Trinajstić information content (AvgIpc) is 2.67. The second-order valence-electron chi connectivity index (χ2n) is 5.30. The molecule has 1 heterocycles. The number of carboxylic acids is 1. The molecule has 0 radical (unpaired) electrons. The van der Waals surface area contributed by atoms with Crippen molar-refractivity contribution in [3.8, 4) is 0 Å². The topological polar surface area (TPSA) is 75.4 Å². The molecule has 2 rings (SSSR count). The molecular formula is C14H18N2O3.